The number of urea groups is 1. The van der Waals surface area contributed by atoms with Crippen LogP contribution in [0.2, 0.25) is 5.02 Å². The van der Waals surface area contributed by atoms with E-state index in [1.54, 1.807) is 25.3 Å². The molecule has 0 bridgehead atoms. The molecular formula is C18H21ClN2O3. The molecule has 0 saturated carbocycles. The van der Waals surface area contributed by atoms with Gasteiger partial charge in [0.2, 0.25) is 0 Å². The van der Waals surface area contributed by atoms with Crippen LogP contribution in [-0.2, 0) is 11.3 Å². The van der Waals surface area contributed by atoms with Crippen LogP contribution in [0.5, 0.6) is 5.75 Å². The minimum absolute atomic E-state index is 0.292. The Morgan fingerprint density at radius 1 is 1.12 bits per heavy atom. The van der Waals surface area contributed by atoms with Crippen molar-refractivity contribution in [2.45, 2.75) is 13.5 Å². The quantitative estimate of drug-likeness (QED) is 0.744. The van der Waals surface area contributed by atoms with Crippen molar-refractivity contribution in [2.24, 2.45) is 0 Å². The summed E-state index contributed by atoms with van der Waals surface area (Å²) in [5.74, 6) is 0.555. The number of carbonyl (C=O) groups is 1. The van der Waals surface area contributed by atoms with Crippen molar-refractivity contribution in [3.8, 4) is 5.75 Å². The smallest absolute Gasteiger partial charge is 0.319 e. The van der Waals surface area contributed by atoms with Gasteiger partial charge in [0.15, 0.2) is 0 Å². The van der Waals surface area contributed by atoms with E-state index in [4.69, 9.17) is 21.1 Å². The molecule has 0 saturated heterocycles. The second-order valence-corrected chi connectivity index (χ2v) is 5.69. The maximum Gasteiger partial charge on any atom is 0.319 e. The average Bonchev–Trinajstić information content (AvgIpc) is 2.56. The predicted octanol–water partition coefficient (Wildman–Crippen LogP) is 4.00. The molecule has 24 heavy (non-hydrogen) atoms. The highest BCUT2D eigenvalue weighted by Crippen LogP contribution is 2.27. The lowest BCUT2D eigenvalue weighted by Crippen LogP contribution is -2.28. The number of nitrogens with one attached hydrogen (secondary N) is 2. The molecule has 2 aromatic carbocycles. The van der Waals surface area contributed by atoms with E-state index >= 15 is 0 Å². The lowest BCUT2D eigenvalue weighted by atomic mass is 10.1. The summed E-state index contributed by atoms with van der Waals surface area (Å²) >= 11 is 6.14. The molecule has 0 radical (unpaired) electrons. The Morgan fingerprint density at radius 3 is 2.54 bits per heavy atom. The molecule has 0 aliphatic rings. The van der Waals surface area contributed by atoms with Crippen molar-refractivity contribution in [3.05, 3.63) is 58.6 Å². The maximum atomic E-state index is 11.9. The number of amides is 2. The molecule has 6 heteroatoms. The third-order valence-electron chi connectivity index (χ3n) is 3.31. The lowest BCUT2D eigenvalue weighted by molar-refractivity contribution is 0.146. The highest BCUT2D eigenvalue weighted by atomic mass is 35.5. The topological polar surface area (TPSA) is 59.6 Å². The minimum atomic E-state index is -0.292. The number of rotatable bonds is 7. The van der Waals surface area contributed by atoms with E-state index in [2.05, 4.69) is 10.6 Å². The van der Waals surface area contributed by atoms with Crippen LogP contribution in [0.15, 0.2) is 42.5 Å². The number of ether oxygens (including phenoxy) is 2. The maximum absolute atomic E-state index is 11.9. The van der Waals surface area contributed by atoms with Crippen molar-refractivity contribution < 1.29 is 14.3 Å². The summed E-state index contributed by atoms with van der Waals surface area (Å²) in [6.07, 6.45) is 0. The van der Waals surface area contributed by atoms with Crippen LogP contribution in [0, 0.1) is 6.92 Å². The van der Waals surface area contributed by atoms with Crippen LogP contribution in [0.1, 0.15) is 11.1 Å². The van der Waals surface area contributed by atoms with Crippen LogP contribution >= 0.6 is 11.6 Å². The third kappa shape index (κ3) is 5.76. The lowest BCUT2D eigenvalue weighted by Gasteiger charge is -2.11. The first-order valence-electron chi connectivity index (χ1n) is 7.60. The molecule has 0 atom stereocenters. The number of carbonyl (C=O) groups excluding carboxylic acids is 1. The molecule has 0 unspecified atom stereocenters. The summed E-state index contributed by atoms with van der Waals surface area (Å²) in [7, 11) is 1.60. The normalized spacial score (nSPS) is 10.3. The summed E-state index contributed by atoms with van der Waals surface area (Å²) in [6.45, 7) is 3.38. The number of hydrogen-bond donors (Lipinski definition) is 2. The van der Waals surface area contributed by atoms with E-state index in [0.29, 0.717) is 36.2 Å². The van der Waals surface area contributed by atoms with Crippen molar-refractivity contribution >= 4 is 23.3 Å². The third-order valence-corrected chi connectivity index (χ3v) is 3.60. The highest BCUT2D eigenvalue weighted by molar-refractivity contribution is 6.32. The molecule has 0 heterocycles. The molecule has 2 N–H and O–H groups in total. The fourth-order valence-corrected chi connectivity index (χ4v) is 2.23. The van der Waals surface area contributed by atoms with E-state index in [-0.39, 0.29) is 6.03 Å². The summed E-state index contributed by atoms with van der Waals surface area (Å²) in [6, 6.07) is 12.8. The summed E-state index contributed by atoms with van der Waals surface area (Å²) in [5.41, 5.74) is 2.82. The Labute approximate surface area is 146 Å². The Morgan fingerprint density at radius 2 is 1.88 bits per heavy atom. The molecule has 0 aliphatic carbocycles. The zero-order valence-electron chi connectivity index (χ0n) is 13.8. The van der Waals surface area contributed by atoms with Crippen molar-refractivity contribution in [3.63, 3.8) is 0 Å². The molecule has 0 fully saturated rings. The number of aryl methyl sites for hydroxylation is 1. The summed E-state index contributed by atoms with van der Waals surface area (Å²) in [4.78, 5) is 11.9. The number of halogens is 1. The second kappa shape index (κ2) is 9.15. The second-order valence-electron chi connectivity index (χ2n) is 5.28. The molecular weight excluding hydrogens is 328 g/mol. The van der Waals surface area contributed by atoms with Crippen molar-refractivity contribution in [2.75, 3.05) is 25.6 Å². The van der Waals surface area contributed by atoms with Gasteiger partial charge < -0.3 is 20.1 Å². The molecule has 5 nitrogen and oxygen atoms in total. The summed E-state index contributed by atoms with van der Waals surface area (Å²) < 4.78 is 10.4. The first-order valence-corrected chi connectivity index (χ1v) is 7.98. The Kier molecular flexibility index (Phi) is 6.90. The standard InChI is InChI=1S/C18H21ClN2O3/c1-13-3-5-14(6-4-13)12-20-18(22)21-15-7-8-17(16(19)11-15)24-10-9-23-2/h3-8,11H,9-10,12H2,1-2H3,(H2,20,21,22). The average molecular weight is 349 g/mol. The van der Waals surface area contributed by atoms with Crippen LogP contribution in [0.25, 0.3) is 0 Å². The van der Waals surface area contributed by atoms with E-state index < -0.39 is 0 Å². The Hall–Kier alpha value is -2.24. The zero-order chi connectivity index (χ0) is 17.4. The van der Waals surface area contributed by atoms with Gasteiger partial charge >= 0.3 is 6.03 Å². The predicted molar refractivity (Wildman–Crippen MR) is 95.9 cm³/mol. The van der Waals surface area contributed by atoms with Gasteiger partial charge in [0, 0.05) is 19.3 Å². The van der Waals surface area contributed by atoms with E-state index in [9.17, 15) is 4.79 Å². The van der Waals surface area contributed by atoms with Crippen LogP contribution < -0.4 is 15.4 Å². The number of benzene rings is 2. The van der Waals surface area contributed by atoms with Gasteiger partial charge in [-0.25, -0.2) is 4.79 Å². The SMILES string of the molecule is COCCOc1ccc(NC(=O)NCc2ccc(C)cc2)cc1Cl. The van der Waals surface area contributed by atoms with Gasteiger partial charge in [0.25, 0.3) is 0 Å². The van der Waals surface area contributed by atoms with Crippen LogP contribution in [0.4, 0.5) is 10.5 Å². The van der Waals surface area contributed by atoms with E-state index in [0.717, 1.165) is 5.56 Å². The van der Waals surface area contributed by atoms with Gasteiger partial charge in [0.05, 0.1) is 11.6 Å². The van der Waals surface area contributed by atoms with Gasteiger partial charge in [-0.05, 0) is 30.7 Å². The molecule has 0 spiro atoms. The number of hydrogen-bond acceptors (Lipinski definition) is 3. The number of anilines is 1. The van der Waals surface area contributed by atoms with Crippen molar-refractivity contribution in [1.82, 2.24) is 5.32 Å². The zero-order valence-corrected chi connectivity index (χ0v) is 14.5. The molecule has 2 amide bonds. The number of methoxy groups -OCH3 is 1. The van der Waals surface area contributed by atoms with Gasteiger partial charge in [-0.15, -0.1) is 0 Å². The molecule has 2 rings (SSSR count). The molecule has 0 aliphatic heterocycles. The highest BCUT2D eigenvalue weighted by Gasteiger charge is 2.06. The summed E-state index contributed by atoms with van der Waals surface area (Å²) in [5, 5.41) is 5.98. The Balaban J connectivity index is 1.84. The fourth-order valence-electron chi connectivity index (χ4n) is 1.99. The van der Waals surface area contributed by atoms with Gasteiger partial charge in [0.1, 0.15) is 12.4 Å². The largest absolute Gasteiger partial charge is 0.490 e. The molecule has 128 valence electrons. The van der Waals surface area contributed by atoms with Gasteiger partial charge in [-0.1, -0.05) is 41.4 Å². The fraction of sp³-hybridized carbons (Fsp3) is 0.278. The van der Waals surface area contributed by atoms with Crippen LogP contribution in [0.3, 0.4) is 0 Å². The van der Waals surface area contributed by atoms with Crippen molar-refractivity contribution in [1.29, 1.82) is 0 Å². The van der Waals surface area contributed by atoms with Gasteiger partial charge in [-0.3, -0.25) is 0 Å². The molecule has 0 aromatic heterocycles. The monoisotopic (exact) mass is 348 g/mol. The van der Waals surface area contributed by atoms with E-state index in [1.807, 2.05) is 31.2 Å². The first-order chi connectivity index (χ1) is 11.6. The first kappa shape index (κ1) is 18.1. The van der Waals surface area contributed by atoms with Crippen LogP contribution in [-0.4, -0.2) is 26.4 Å². The minimum Gasteiger partial charge on any atom is -0.490 e. The van der Waals surface area contributed by atoms with Gasteiger partial charge in [-0.2, -0.15) is 0 Å². The molecule has 2 aromatic rings. The van der Waals surface area contributed by atoms with E-state index in [1.165, 1.54) is 5.56 Å². The Bertz CT molecular complexity index is 674.